The van der Waals surface area contributed by atoms with E-state index in [1.807, 2.05) is 6.92 Å². The van der Waals surface area contributed by atoms with E-state index in [1.165, 1.54) is 18.5 Å². The number of hydrogen-bond acceptors (Lipinski definition) is 5. The SMILES string of the molecule is Cc1nn(C)c2ncc(C(=O)NCc3ccnc(OCC(F)(F)F)c3)cc12. The van der Waals surface area contributed by atoms with Gasteiger partial charge in [0, 0.05) is 37.4 Å². The van der Waals surface area contributed by atoms with Crippen LogP contribution in [0.5, 0.6) is 5.88 Å². The van der Waals surface area contributed by atoms with Crippen molar-refractivity contribution in [1.29, 1.82) is 0 Å². The topological polar surface area (TPSA) is 81.9 Å². The predicted octanol–water partition coefficient (Wildman–Crippen LogP) is 2.54. The summed E-state index contributed by atoms with van der Waals surface area (Å²) in [4.78, 5) is 20.3. The van der Waals surface area contributed by atoms with E-state index in [2.05, 4.69) is 25.1 Å². The quantitative estimate of drug-likeness (QED) is 0.737. The molecule has 3 heterocycles. The molecule has 0 aliphatic heterocycles. The lowest BCUT2D eigenvalue weighted by Gasteiger charge is -2.10. The van der Waals surface area contributed by atoms with E-state index >= 15 is 0 Å². The maximum atomic E-state index is 12.3. The first-order valence-corrected chi connectivity index (χ1v) is 7.95. The molecular formula is C17H16F3N5O2. The first-order valence-electron chi connectivity index (χ1n) is 7.95. The number of aryl methyl sites for hydroxylation is 2. The van der Waals surface area contributed by atoms with Crippen LogP contribution in [0.25, 0.3) is 11.0 Å². The first kappa shape index (κ1) is 18.6. The highest BCUT2D eigenvalue weighted by molar-refractivity contribution is 5.97. The van der Waals surface area contributed by atoms with Crippen molar-refractivity contribution in [3.8, 4) is 5.88 Å². The van der Waals surface area contributed by atoms with Gasteiger partial charge < -0.3 is 10.1 Å². The molecule has 0 unspecified atom stereocenters. The van der Waals surface area contributed by atoms with Gasteiger partial charge in [-0.05, 0) is 24.6 Å². The molecule has 0 aliphatic rings. The fourth-order valence-electron chi connectivity index (χ4n) is 2.51. The van der Waals surface area contributed by atoms with Gasteiger partial charge in [0.25, 0.3) is 5.91 Å². The van der Waals surface area contributed by atoms with Crippen molar-refractivity contribution in [3.63, 3.8) is 0 Å². The van der Waals surface area contributed by atoms with Crippen LogP contribution >= 0.6 is 0 Å². The molecule has 10 heteroatoms. The molecule has 0 fully saturated rings. The van der Waals surface area contributed by atoms with E-state index in [0.717, 1.165) is 11.1 Å². The number of halogens is 3. The summed E-state index contributed by atoms with van der Waals surface area (Å²) in [6, 6.07) is 4.62. The third-order valence-electron chi connectivity index (χ3n) is 3.76. The van der Waals surface area contributed by atoms with Crippen LogP contribution in [-0.4, -0.2) is 38.4 Å². The van der Waals surface area contributed by atoms with Crippen LogP contribution in [-0.2, 0) is 13.6 Å². The van der Waals surface area contributed by atoms with Gasteiger partial charge in [-0.1, -0.05) is 0 Å². The van der Waals surface area contributed by atoms with Gasteiger partial charge in [0.05, 0.1) is 11.3 Å². The molecule has 3 rings (SSSR count). The highest BCUT2D eigenvalue weighted by Crippen LogP contribution is 2.18. The average Bonchev–Trinajstić information content (AvgIpc) is 2.91. The number of pyridine rings is 2. The van der Waals surface area contributed by atoms with Crippen molar-refractivity contribution < 1.29 is 22.7 Å². The van der Waals surface area contributed by atoms with E-state index in [-0.39, 0.29) is 18.3 Å². The summed E-state index contributed by atoms with van der Waals surface area (Å²) in [6.45, 7) is 0.505. The normalized spacial score (nSPS) is 11.6. The van der Waals surface area contributed by atoms with Gasteiger partial charge in [0.15, 0.2) is 12.3 Å². The fourth-order valence-corrected chi connectivity index (χ4v) is 2.51. The number of nitrogens with one attached hydrogen (secondary N) is 1. The second-order valence-corrected chi connectivity index (χ2v) is 5.89. The number of hydrogen-bond donors (Lipinski definition) is 1. The van der Waals surface area contributed by atoms with Gasteiger partial charge in [-0.15, -0.1) is 0 Å². The van der Waals surface area contributed by atoms with Crippen LogP contribution in [0.1, 0.15) is 21.6 Å². The van der Waals surface area contributed by atoms with Gasteiger partial charge in [0.2, 0.25) is 5.88 Å². The minimum Gasteiger partial charge on any atom is -0.468 e. The number of carbonyl (C=O) groups is 1. The number of alkyl halides is 3. The predicted molar refractivity (Wildman–Crippen MR) is 90.2 cm³/mol. The molecule has 0 spiro atoms. The Kier molecular flexibility index (Phi) is 4.98. The summed E-state index contributed by atoms with van der Waals surface area (Å²) >= 11 is 0. The molecule has 0 aliphatic carbocycles. The lowest BCUT2D eigenvalue weighted by molar-refractivity contribution is -0.154. The standard InChI is InChI=1S/C17H16F3N5O2/c1-10-13-6-12(8-22-15(13)25(2)24-10)16(26)23-7-11-3-4-21-14(5-11)27-9-17(18,19)20/h3-6,8H,7,9H2,1-2H3,(H,23,26). The Labute approximate surface area is 152 Å². The molecule has 3 aromatic rings. The van der Waals surface area contributed by atoms with E-state index in [1.54, 1.807) is 23.9 Å². The molecule has 0 atom stereocenters. The molecule has 0 aromatic carbocycles. The smallest absolute Gasteiger partial charge is 0.422 e. The van der Waals surface area contributed by atoms with Crippen LogP contribution in [0, 0.1) is 6.92 Å². The third-order valence-corrected chi connectivity index (χ3v) is 3.76. The number of fused-ring (bicyclic) bond motifs is 1. The molecule has 0 saturated heterocycles. The Morgan fingerprint density at radius 2 is 2.07 bits per heavy atom. The number of nitrogens with zero attached hydrogens (tertiary/aromatic N) is 4. The number of ether oxygens (including phenoxy) is 1. The third kappa shape index (κ3) is 4.52. The second-order valence-electron chi connectivity index (χ2n) is 5.89. The van der Waals surface area contributed by atoms with Crippen LogP contribution in [0.15, 0.2) is 30.6 Å². The molecule has 0 saturated carbocycles. The van der Waals surface area contributed by atoms with Crippen LogP contribution < -0.4 is 10.1 Å². The minimum absolute atomic E-state index is 0.105. The van der Waals surface area contributed by atoms with Gasteiger partial charge >= 0.3 is 6.18 Å². The van der Waals surface area contributed by atoms with Gasteiger partial charge in [-0.2, -0.15) is 18.3 Å². The summed E-state index contributed by atoms with van der Waals surface area (Å²) in [5.41, 5.74) is 2.35. The van der Waals surface area contributed by atoms with Crippen LogP contribution in [0.2, 0.25) is 0 Å². The Balaban J connectivity index is 1.66. The molecule has 0 bridgehead atoms. The minimum atomic E-state index is -4.44. The number of carbonyl (C=O) groups excluding carboxylic acids is 1. The molecule has 27 heavy (non-hydrogen) atoms. The largest absolute Gasteiger partial charge is 0.468 e. The molecule has 0 radical (unpaired) electrons. The highest BCUT2D eigenvalue weighted by atomic mass is 19.4. The molecule has 7 nitrogen and oxygen atoms in total. The summed E-state index contributed by atoms with van der Waals surface area (Å²) in [5.74, 6) is -0.518. The molecular weight excluding hydrogens is 363 g/mol. The Hall–Kier alpha value is -3.17. The number of rotatable bonds is 5. The summed E-state index contributed by atoms with van der Waals surface area (Å²) in [5, 5.41) is 7.72. The van der Waals surface area contributed by atoms with Crippen molar-refractivity contribution in [2.45, 2.75) is 19.6 Å². The van der Waals surface area contributed by atoms with E-state index in [0.29, 0.717) is 16.8 Å². The Morgan fingerprint density at radius 1 is 1.30 bits per heavy atom. The summed E-state index contributed by atoms with van der Waals surface area (Å²) in [7, 11) is 1.77. The van der Waals surface area contributed by atoms with Crippen LogP contribution in [0.3, 0.4) is 0 Å². The Morgan fingerprint density at radius 3 is 2.81 bits per heavy atom. The van der Waals surface area contributed by atoms with Crippen LogP contribution in [0.4, 0.5) is 13.2 Å². The number of amides is 1. The maximum absolute atomic E-state index is 12.3. The molecule has 1 N–H and O–H groups in total. The number of aromatic nitrogens is 4. The zero-order chi connectivity index (χ0) is 19.6. The van der Waals surface area contributed by atoms with Gasteiger partial charge in [-0.3, -0.25) is 9.48 Å². The van der Waals surface area contributed by atoms with E-state index in [9.17, 15) is 18.0 Å². The van der Waals surface area contributed by atoms with E-state index < -0.39 is 12.8 Å². The lowest BCUT2D eigenvalue weighted by atomic mass is 10.2. The average molecular weight is 379 g/mol. The zero-order valence-corrected chi connectivity index (χ0v) is 14.5. The molecule has 142 valence electrons. The maximum Gasteiger partial charge on any atom is 0.422 e. The highest BCUT2D eigenvalue weighted by Gasteiger charge is 2.28. The zero-order valence-electron chi connectivity index (χ0n) is 14.5. The molecule has 3 aromatic heterocycles. The monoisotopic (exact) mass is 379 g/mol. The van der Waals surface area contributed by atoms with Gasteiger partial charge in [0.1, 0.15) is 0 Å². The Bertz CT molecular complexity index is 984. The van der Waals surface area contributed by atoms with Crippen molar-refractivity contribution in [2.75, 3.05) is 6.61 Å². The first-order chi connectivity index (χ1) is 12.7. The lowest BCUT2D eigenvalue weighted by Crippen LogP contribution is -2.23. The van der Waals surface area contributed by atoms with Crippen molar-refractivity contribution >= 4 is 16.9 Å². The van der Waals surface area contributed by atoms with Gasteiger partial charge in [-0.25, -0.2) is 9.97 Å². The van der Waals surface area contributed by atoms with Crippen molar-refractivity contribution in [1.82, 2.24) is 25.1 Å². The molecule has 1 amide bonds. The van der Waals surface area contributed by atoms with E-state index in [4.69, 9.17) is 0 Å². The fraction of sp³-hybridized carbons (Fsp3) is 0.294. The summed E-state index contributed by atoms with van der Waals surface area (Å²) in [6.07, 6.45) is -1.68. The summed E-state index contributed by atoms with van der Waals surface area (Å²) < 4.78 is 42.8. The van der Waals surface area contributed by atoms with Crippen molar-refractivity contribution in [3.05, 3.63) is 47.4 Å². The van der Waals surface area contributed by atoms with Crippen molar-refractivity contribution in [2.24, 2.45) is 7.05 Å². The second kappa shape index (κ2) is 7.22.